The summed E-state index contributed by atoms with van der Waals surface area (Å²) in [5.74, 6) is -0.368. The van der Waals surface area contributed by atoms with Gasteiger partial charge in [0.2, 0.25) is 11.8 Å². The van der Waals surface area contributed by atoms with Crippen molar-refractivity contribution in [1.29, 1.82) is 0 Å². The van der Waals surface area contributed by atoms with E-state index in [1.165, 1.54) is 23.9 Å². The van der Waals surface area contributed by atoms with Crippen molar-refractivity contribution in [2.75, 3.05) is 42.9 Å². The molecule has 1 N–H and O–H groups in total. The molecule has 1 fully saturated rings. The minimum absolute atomic E-state index is 0.00829. The Morgan fingerprint density at radius 3 is 2.61 bits per heavy atom. The van der Waals surface area contributed by atoms with Crippen molar-refractivity contribution in [2.24, 2.45) is 0 Å². The smallest absolute Gasteiger partial charge is 0.288 e. The van der Waals surface area contributed by atoms with Gasteiger partial charge in [-0.05, 0) is 43.8 Å². The Hall–Kier alpha value is -4.56. The second-order valence-corrected chi connectivity index (χ2v) is 8.99. The van der Waals surface area contributed by atoms with Crippen LogP contribution in [-0.2, 0) is 0 Å². The van der Waals surface area contributed by atoms with Crippen molar-refractivity contribution in [3.8, 4) is 11.6 Å². The van der Waals surface area contributed by atoms with Gasteiger partial charge in [0, 0.05) is 44.2 Å². The van der Waals surface area contributed by atoms with Crippen LogP contribution in [0.2, 0.25) is 0 Å². The van der Waals surface area contributed by atoms with E-state index in [-0.39, 0.29) is 34.4 Å². The fraction of sp³-hybridized carbons (Fsp3) is 0.296. The summed E-state index contributed by atoms with van der Waals surface area (Å²) in [4.78, 5) is 32.9. The summed E-state index contributed by atoms with van der Waals surface area (Å²) < 4.78 is 22.5. The summed E-state index contributed by atoms with van der Waals surface area (Å²) in [5, 5.41) is 3.29. The standard InChI is InChI=1S/C27H27FN8O2/c1-5-34-10-12-35(13-11-34)19-6-9-23(30-15-19)33-26-25(29-4)27(32-16-31-26)38-22-8-7-21-20(24(22)28)14-17(2)36(21)18(3)37/h6-9,14-16H,5,10-13H2,1-3H3,(H,30,31,32,33). The lowest BCUT2D eigenvalue weighted by Gasteiger charge is -2.35. The summed E-state index contributed by atoms with van der Waals surface area (Å²) in [6.07, 6.45) is 3.03. The number of aryl methyl sites for hydroxylation is 1. The summed E-state index contributed by atoms with van der Waals surface area (Å²) in [5.41, 5.74) is 2.08. The molecular weight excluding hydrogens is 487 g/mol. The molecule has 0 saturated carbocycles. The zero-order valence-corrected chi connectivity index (χ0v) is 21.4. The van der Waals surface area contributed by atoms with Crippen LogP contribution < -0.4 is 15.0 Å². The van der Waals surface area contributed by atoms with Crippen LogP contribution in [-0.4, -0.2) is 63.0 Å². The van der Waals surface area contributed by atoms with Crippen LogP contribution in [0, 0.1) is 19.3 Å². The molecule has 4 heterocycles. The fourth-order valence-corrected chi connectivity index (χ4v) is 4.68. The Labute approximate surface area is 219 Å². The van der Waals surface area contributed by atoms with Gasteiger partial charge in [0.15, 0.2) is 11.6 Å². The molecule has 1 saturated heterocycles. The molecule has 5 rings (SSSR count). The number of benzene rings is 1. The number of fused-ring (bicyclic) bond motifs is 1. The van der Waals surface area contributed by atoms with E-state index in [1.54, 1.807) is 25.3 Å². The van der Waals surface area contributed by atoms with Gasteiger partial charge in [-0.2, -0.15) is 0 Å². The molecule has 38 heavy (non-hydrogen) atoms. The van der Waals surface area contributed by atoms with E-state index < -0.39 is 5.82 Å². The van der Waals surface area contributed by atoms with Gasteiger partial charge in [-0.1, -0.05) is 6.92 Å². The van der Waals surface area contributed by atoms with Crippen molar-refractivity contribution >= 4 is 39.8 Å². The van der Waals surface area contributed by atoms with Crippen LogP contribution in [0.1, 0.15) is 24.3 Å². The summed E-state index contributed by atoms with van der Waals surface area (Å²) in [7, 11) is 0. The second-order valence-electron chi connectivity index (χ2n) is 8.99. The lowest BCUT2D eigenvalue weighted by Crippen LogP contribution is -2.46. The van der Waals surface area contributed by atoms with Gasteiger partial charge < -0.3 is 19.9 Å². The highest BCUT2D eigenvalue weighted by Crippen LogP contribution is 2.38. The number of likely N-dealkylation sites (N-methyl/N-ethyl adjacent to an activating group) is 1. The van der Waals surface area contributed by atoms with Crippen molar-refractivity contribution < 1.29 is 13.9 Å². The van der Waals surface area contributed by atoms with Crippen LogP contribution in [0.3, 0.4) is 0 Å². The van der Waals surface area contributed by atoms with E-state index in [1.807, 2.05) is 12.1 Å². The molecule has 1 aromatic carbocycles. The highest BCUT2D eigenvalue weighted by atomic mass is 19.1. The lowest BCUT2D eigenvalue weighted by molar-refractivity contribution is 0.0939. The van der Waals surface area contributed by atoms with Gasteiger partial charge in [-0.15, -0.1) is 0 Å². The van der Waals surface area contributed by atoms with Crippen LogP contribution in [0.4, 0.5) is 27.4 Å². The average Bonchev–Trinajstić information content (AvgIpc) is 3.28. The van der Waals surface area contributed by atoms with Crippen LogP contribution in [0.25, 0.3) is 15.7 Å². The molecule has 0 bridgehead atoms. The minimum Gasteiger partial charge on any atom is -0.446 e. The Kier molecular flexibility index (Phi) is 6.89. The number of anilines is 3. The van der Waals surface area contributed by atoms with Gasteiger partial charge in [-0.3, -0.25) is 9.36 Å². The number of nitrogens with one attached hydrogen (secondary N) is 1. The maximum Gasteiger partial charge on any atom is 0.288 e. The van der Waals surface area contributed by atoms with Gasteiger partial charge >= 0.3 is 0 Å². The predicted octanol–water partition coefficient (Wildman–Crippen LogP) is 5.16. The van der Waals surface area contributed by atoms with Crippen molar-refractivity contribution in [3.63, 3.8) is 0 Å². The highest BCUT2D eigenvalue weighted by molar-refractivity contribution is 5.93. The number of ether oxygens (including phenoxy) is 1. The molecule has 194 valence electrons. The Balaban J connectivity index is 1.37. The third-order valence-corrected chi connectivity index (χ3v) is 6.67. The number of carbonyl (C=O) groups is 1. The third kappa shape index (κ3) is 4.73. The molecule has 1 aliphatic heterocycles. The summed E-state index contributed by atoms with van der Waals surface area (Å²) in [6, 6.07) is 8.41. The first-order valence-corrected chi connectivity index (χ1v) is 12.3. The average molecular weight is 515 g/mol. The lowest BCUT2D eigenvalue weighted by atomic mass is 10.2. The molecule has 4 aromatic rings. The molecule has 0 radical (unpaired) electrons. The first-order valence-electron chi connectivity index (χ1n) is 12.3. The largest absolute Gasteiger partial charge is 0.446 e. The van der Waals surface area contributed by atoms with E-state index in [9.17, 15) is 4.79 Å². The van der Waals surface area contributed by atoms with Crippen molar-refractivity contribution in [3.05, 3.63) is 65.8 Å². The third-order valence-electron chi connectivity index (χ3n) is 6.67. The normalized spacial score (nSPS) is 13.9. The Morgan fingerprint density at radius 1 is 1.16 bits per heavy atom. The predicted molar refractivity (Wildman–Crippen MR) is 143 cm³/mol. The zero-order valence-electron chi connectivity index (χ0n) is 21.4. The second kappa shape index (κ2) is 10.4. The molecule has 0 amide bonds. The fourth-order valence-electron chi connectivity index (χ4n) is 4.68. The number of aromatic nitrogens is 4. The topological polar surface area (TPSA) is 92.8 Å². The van der Waals surface area contributed by atoms with Gasteiger partial charge in [0.25, 0.3) is 5.69 Å². The van der Waals surface area contributed by atoms with E-state index in [0.717, 1.165) is 38.4 Å². The Bertz CT molecular complexity index is 1540. The number of hydrogen-bond acceptors (Lipinski definition) is 8. The zero-order chi connectivity index (χ0) is 26.8. The molecule has 3 aromatic heterocycles. The van der Waals surface area contributed by atoms with E-state index >= 15 is 4.39 Å². The number of piperazine rings is 1. The number of hydrogen-bond donors (Lipinski definition) is 1. The molecule has 1 aliphatic rings. The summed E-state index contributed by atoms with van der Waals surface area (Å²) in [6.45, 7) is 18.0. The maximum atomic E-state index is 15.3. The molecule has 0 aliphatic carbocycles. The minimum atomic E-state index is -0.647. The monoisotopic (exact) mass is 514 g/mol. The first-order chi connectivity index (χ1) is 18.4. The quantitative estimate of drug-likeness (QED) is 0.353. The van der Waals surface area contributed by atoms with Crippen molar-refractivity contribution in [2.45, 2.75) is 20.8 Å². The van der Waals surface area contributed by atoms with Gasteiger partial charge in [0.05, 0.1) is 24.0 Å². The molecule has 10 nitrogen and oxygen atoms in total. The number of carbonyl (C=O) groups excluding carboxylic acids is 1. The number of halogens is 1. The van der Waals surface area contributed by atoms with Gasteiger partial charge in [0.1, 0.15) is 18.0 Å². The molecular formula is C27H27FN8O2. The van der Waals surface area contributed by atoms with Gasteiger partial charge in [-0.25, -0.2) is 24.2 Å². The first kappa shape index (κ1) is 25.1. The molecule has 0 unspecified atom stereocenters. The van der Waals surface area contributed by atoms with E-state index in [0.29, 0.717) is 17.0 Å². The Morgan fingerprint density at radius 2 is 1.95 bits per heavy atom. The highest BCUT2D eigenvalue weighted by Gasteiger charge is 2.20. The number of nitrogens with zero attached hydrogens (tertiary/aromatic N) is 7. The molecule has 0 atom stereocenters. The number of pyridine rings is 1. The van der Waals surface area contributed by atoms with Crippen LogP contribution in [0.5, 0.6) is 11.6 Å². The van der Waals surface area contributed by atoms with Crippen LogP contribution >= 0.6 is 0 Å². The van der Waals surface area contributed by atoms with Crippen molar-refractivity contribution in [1.82, 2.24) is 24.4 Å². The van der Waals surface area contributed by atoms with E-state index in [4.69, 9.17) is 11.3 Å². The van der Waals surface area contributed by atoms with Crippen LogP contribution in [0.15, 0.2) is 42.9 Å². The number of rotatable bonds is 6. The molecule has 11 heteroatoms. The SMILES string of the molecule is [C-]#[N+]c1c(Nc2ccc(N3CCN(CC)CC3)cn2)ncnc1Oc1ccc2c(cc(C)n2C(C)=O)c1F. The molecule has 0 spiro atoms. The van der Waals surface area contributed by atoms with E-state index in [2.05, 4.69) is 41.8 Å². The maximum absolute atomic E-state index is 15.3. The summed E-state index contributed by atoms with van der Waals surface area (Å²) >= 11 is 0.